The molecule has 0 radical (unpaired) electrons. The van der Waals surface area contributed by atoms with Gasteiger partial charge in [-0.1, -0.05) is 231 Å². The van der Waals surface area contributed by atoms with E-state index in [1.165, 1.54) is 53.3 Å². The predicted octanol–water partition coefficient (Wildman–Crippen LogP) is 15.9. The summed E-state index contributed by atoms with van der Waals surface area (Å²) in [4.78, 5) is 11.5. The second-order valence-corrected chi connectivity index (χ2v) is 25.5. The lowest BCUT2D eigenvalue weighted by atomic mass is 10.1. The zero-order chi connectivity index (χ0) is 54.6. The highest BCUT2D eigenvalue weighted by molar-refractivity contribution is 7.19. The standard InChI is InChI=1S/C76H50N6Si/c1-4-22-54(23-5-1)83(55-24-6-2-7-25-55,56-26-8-3-9-27-56)57-44-40-51(41-45-57)66-50-75(81-71-38-20-14-32-62(71)64-46-42-53(49-74(64)81)80-69-36-18-12-30-60(69)61-31-13-19-37-70(61)80)78-76(77-66)82-72-39-21-15-33-63(72)65-48-52(43-47-73(65)82)79-67-34-16-10-28-58(67)59-29-11-17-35-68(59)79/h1-50H. The van der Waals surface area contributed by atoms with Crippen molar-refractivity contribution in [3.8, 4) is 34.4 Å². The third-order valence-corrected chi connectivity index (χ3v) is 22.2. The summed E-state index contributed by atoms with van der Waals surface area (Å²) < 4.78 is 9.44. The summed E-state index contributed by atoms with van der Waals surface area (Å²) >= 11 is 0. The highest BCUT2D eigenvalue weighted by Gasteiger charge is 2.41. The first-order chi connectivity index (χ1) is 41.2. The van der Waals surface area contributed by atoms with Gasteiger partial charge in [0.25, 0.3) is 0 Å². The van der Waals surface area contributed by atoms with E-state index in [0.717, 1.165) is 83.1 Å². The maximum Gasteiger partial charge on any atom is 0.237 e. The van der Waals surface area contributed by atoms with Gasteiger partial charge in [0, 0.05) is 66.1 Å². The molecule has 0 N–H and O–H groups in total. The summed E-state index contributed by atoms with van der Waals surface area (Å²) in [5.74, 6) is 1.36. The van der Waals surface area contributed by atoms with Crippen LogP contribution in [0.5, 0.6) is 0 Å². The zero-order valence-corrected chi connectivity index (χ0v) is 46.1. The summed E-state index contributed by atoms with van der Waals surface area (Å²) in [6.45, 7) is 0. The molecule has 7 heteroatoms. The summed E-state index contributed by atoms with van der Waals surface area (Å²) in [6, 6.07) is 111. The van der Waals surface area contributed by atoms with E-state index in [0.29, 0.717) is 5.95 Å². The van der Waals surface area contributed by atoms with Crippen molar-refractivity contribution in [3.05, 3.63) is 303 Å². The summed E-state index contributed by atoms with van der Waals surface area (Å²) in [7, 11) is -2.82. The van der Waals surface area contributed by atoms with Crippen LogP contribution in [-0.4, -0.2) is 36.3 Å². The average molecular weight is 1080 g/mol. The predicted molar refractivity (Wildman–Crippen MR) is 348 cm³/mol. The number of rotatable bonds is 9. The number of aromatic nitrogens is 6. The van der Waals surface area contributed by atoms with E-state index in [9.17, 15) is 0 Å². The first kappa shape index (κ1) is 47.0. The monoisotopic (exact) mass is 1070 g/mol. The number of hydrogen-bond donors (Lipinski definition) is 0. The minimum atomic E-state index is -2.82. The van der Waals surface area contributed by atoms with E-state index in [1.807, 2.05) is 0 Å². The van der Waals surface area contributed by atoms with E-state index < -0.39 is 8.07 Å². The molecule has 17 aromatic rings. The maximum atomic E-state index is 5.78. The molecular weight excluding hydrogens is 1020 g/mol. The Morgan fingerprint density at radius 3 is 1.05 bits per heavy atom. The molecule has 17 rings (SSSR count). The molecule has 0 saturated heterocycles. The molecule has 0 aliphatic rings. The number of para-hydroxylation sites is 6. The van der Waals surface area contributed by atoms with Gasteiger partial charge in [-0.2, -0.15) is 4.98 Å². The fourth-order valence-corrected chi connectivity index (χ4v) is 18.5. The van der Waals surface area contributed by atoms with Gasteiger partial charge in [-0.15, -0.1) is 0 Å². The van der Waals surface area contributed by atoms with Gasteiger partial charge in [-0.3, -0.25) is 9.13 Å². The van der Waals surface area contributed by atoms with E-state index in [4.69, 9.17) is 9.97 Å². The molecule has 0 atom stereocenters. The normalized spacial score (nSPS) is 12.1. The molecule has 0 amide bonds. The van der Waals surface area contributed by atoms with Crippen molar-refractivity contribution in [2.24, 2.45) is 0 Å². The number of hydrogen-bond acceptors (Lipinski definition) is 2. The van der Waals surface area contributed by atoms with Crippen molar-refractivity contribution in [3.63, 3.8) is 0 Å². The van der Waals surface area contributed by atoms with Crippen molar-refractivity contribution in [2.75, 3.05) is 0 Å². The second-order valence-electron chi connectivity index (χ2n) is 21.7. The molecule has 0 fully saturated rings. The van der Waals surface area contributed by atoms with E-state index in [1.54, 1.807) is 0 Å². The summed E-state index contributed by atoms with van der Waals surface area (Å²) in [5, 5.41) is 14.8. The van der Waals surface area contributed by atoms with E-state index >= 15 is 0 Å². The summed E-state index contributed by atoms with van der Waals surface area (Å²) in [6.07, 6.45) is 0. The van der Waals surface area contributed by atoms with Crippen LogP contribution < -0.4 is 20.7 Å². The Hall–Kier alpha value is -10.9. The molecular formula is C76H50N6Si. The number of nitrogens with zero attached hydrogens (tertiary/aromatic N) is 6. The number of fused-ring (bicyclic) bond motifs is 12. The van der Waals surface area contributed by atoms with Crippen molar-refractivity contribution >= 4 is 116 Å². The third-order valence-electron chi connectivity index (χ3n) is 17.4. The Bertz CT molecular complexity index is 5180. The van der Waals surface area contributed by atoms with Gasteiger partial charge >= 0.3 is 0 Å². The average Bonchev–Trinajstić information content (AvgIpc) is 2.77. The van der Waals surface area contributed by atoms with Crippen LogP contribution in [0.1, 0.15) is 0 Å². The van der Waals surface area contributed by atoms with Gasteiger partial charge < -0.3 is 9.13 Å². The first-order valence-corrected chi connectivity index (χ1v) is 30.4. The molecule has 5 aromatic heterocycles. The SMILES string of the molecule is c1ccc([Si](c2ccccc2)(c2ccccc2)c2ccc(-c3cc(-n4c5ccccc5c5ccc(-n6c7ccccc7c7ccccc76)cc54)nc(-n4c5ccccc5c5cc(-n6c7ccccc7c7ccccc76)ccc54)n3)cc2)cc1. The van der Waals surface area contributed by atoms with Crippen LogP contribution in [-0.2, 0) is 0 Å². The Morgan fingerprint density at radius 1 is 0.229 bits per heavy atom. The van der Waals surface area contributed by atoms with Gasteiger partial charge in [0.2, 0.25) is 5.95 Å². The Morgan fingerprint density at radius 2 is 0.578 bits per heavy atom. The quantitative estimate of drug-likeness (QED) is 0.107. The second kappa shape index (κ2) is 18.6. The van der Waals surface area contributed by atoms with Gasteiger partial charge in [0.1, 0.15) is 5.82 Å². The molecule has 12 aromatic carbocycles. The van der Waals surface area contributed by atoms with Gasteiger partial charge in [-0.25, -0.2) is 4.98 Å². The molecule has 0 unspecified atom stereocenters. The van der Waals surface area contributed by atoms with Crippen molar-refractivity contribution in [1.82, 2.24) is 28.2 Å². The highest BCUT2D eigenvalue weighted by atomic mass is 28.3. The molecule has 6 nitrogen and oxygen atoms in total. The molecule has 0 saturated carbocycles. The molecule has 0 aliphatic carbocycles. The topological polar surface area (TPSA) is 45.5 Å². The van der Waals surface area contributed by atoms with Crippen LogP contribution in [0.4, 0.5) is 0 Å². The Balaban J connectivity index is 0.921. The maximum absolute atomic E-state index is 5.78. The van der Waals surface area contributed by atoms with Crippen LogP contribution in [0.2, 0.25) is 0 Å². The van der Waals surface area contributed by atoms with Crippen LogP contribution in [0.25, 0.3) is 122 Å². The fourth-order valence-electron chi connectivity index (χ4n) is 13.8. The number of benzene rings is 12. The third kappa shape index (κ3) is 7.08. The molecule has 5 heterocycles. The molecule has 388 valence electrons. The minimum Gasteiger partial charge on any atom is -0.309 e. The minimum absolute atomic E-state index is 0.587. The summed E-state index contributed by atoms with van der Waals surface area (Å²) in [5.41, 5.74) is 12.8. The molecule has 0 aliphatic heterocycles. The van der Waals surface area contributed by atoms with Crippen molar-refractivity contribution in [1.29, 1.82) is 0 Å². The van der Waals surface area contributed by atoms with Crippen molar-refractivity contribution in [2.45, 2.75) is 0 Å². The lowest BCUT2D eigenvalue weighted by molar-refractivity contribution is 0.951. The highest BCUT2D eigenvalue weighted by Crippen LogP contribution is 2.40. The van der Waals surface area contributed by atoms with Gasteiger partial charge in [-0.05, 0) is 87.5 Å². The van der Waals surface area contributed by atoms with E-state index in [-0.39, 0.29) is 0 Å². The molecule has 0 spiro atoms. The lowest BCUT2D eigenvalue weighted by Crippen LogP contribution is -2.74. The van der Waals surface area contributed by atoms with Crippen LogP contribution in [0, 0.1) is 0 Å². The fraction of sp³-hybridized carbons (Fsp3) is 0. The first-order valence-electron chi connectivity index (χ1n) is 28.4. The van der Waals surface area contributed by atoms with Crippen LogP contribution in [0.15, 0.2) is 303 Å². The van der Waals surface area contributed by atoms with Gasteiger partial charge in [0.05, 0.1) is 49.8 Å². The molecule has 0 bridgehead atoms. The van der Waals surface area contributed by atoms with Crippen molar-refractivity contribution < 1.29 is 0 Å². The van der Waals surface area contributed by atoms with E-state index in [2.05, 4.69) is 322 Å². The van der Waals surface area contributed by atoms with Crippen LogP contribution in [0.3, 0.4) is 0 Å². The Labute approximate surface area is 479 Å². The zero-order valence-electron chi connectivity index (χ0n) is 45.1. The molecule has 83 heavy (non-hydrogen) atoms. The Kier molecular flexibility index (Phi) is 10.5. The van der Waals surface area contributed by atoms with Crippen LogP contribution >= 0.6 is 0 Å². The van der Waals surface area contributed by atoms with Gasteiger partial charge in [0.15, 0.2) is 8.07 Å². The largest absolute Gasteiger partial charge is 0.309 e. The smallest absolute Gasteiger partial charge is 0.237 e. The lowest BCUT2D eigenvalue weighted by Gasteiger charge is -2.34.